The van der Waals surface area contributed by atoms with Gasteiger partial charge in [0, 0.05) is 19.0 Å². The van der Waals surface area contributed by atoms with Crippen LogP contribution in [-0.2, 0) is 0 Å². The minimum Gasteiger partial charge on any atom is -0.373 e. The Balaban J connectivity index is 2.28. The molecule has 1 saturated carbocycles. The van der Waals surface area contributed by atoms with Gasteiger partial charge in [0.25, 0.3) is 0 Å². The average molecular weight is 198 g/mol. The van der Waals surface area contributed by atoms with Gasteiger partial charge in [-0.25, -0.2) is 9.97 Å². The molecule has 4 heteroatoms. The number of hydrogen-bond acceptors (Lipinski definition) is 3. The molecule has 1 aromatic rings. The van der Waals surface area contributed by atoms with Crippen LogP contribution in [0, 0.1) is 0 Å². The molecule has 1 fully saturated rings. The van der Waals surface area contributed by atoms with E-state index in [-0.39, 0.29) is 0 Å². The Kier molecular flexibility index (Phi) is 2.36. The molecular weight excluding hydrogens is 186 g/mol. The standard InChI is InChI=1S/C9H12ClN3/c1-11-8-5-7(6-3-2-4-6)12-9(10)13-8/h5-6H,2-4H2,1H3,(H,11,12,13). The van der Waals surface area contributed by atoms with Crippen molar-refractivity contribution in [3.05, 3.63) is 17.0 Å². The molecule has 0 amide bonds. The highest BCUT2D eigenvalue weighted by Crippen LogP contribution is 2.36. The van der Waals surface area contributed by atoms with Gasteiger partial charge < -0.3 is 5.32 Å². The third-order valence-corrected chi connectivity index (χ3v) is 2.67. The zero-order chi connectivity index (χ0) is 9.26. The Hall–Kier alpha value is -0.830. The summed E-state index contributed by atoms with van der Waals surface area (Å²) in [6.07, 6.45) is 3.77. The SMILES string of the molecule is CNc1cc(C2CCC2)nc(Cl)n1. The van der Waals surface area contributed by atoms with E-state index in [1.807, 2.05) is 13.1 Å². The van der Waals surface area contributed by atoms with Crippen LogP contribution in [0.4, 0.5) is 5.82 Å². The number of aromatic nitrogens is 2. The van der Waals surface area contributed by atoms with Crippen molar-refractivity contribution in [2.75, 3.05) is 12.4 Å². The molecule has 0 saturated heterocycles. The second-order valence-corrected chi connectivity index (χ2v) is 3.66. The van der Waals surface area contributed by atoms with Crippen molar-refractivity contribution in [3.8, 4) is 0 Å². The Morgan fingerprint density at radius 3 is 2.77 bits per heavy atom. The van der Waals surface area contributed by atoms with Crippen molar-refractivity contribution < 1.29 is 0 Å². The fourth-order valence-corrected chi connectivity index (χ4v) is 1.67. The Labute approximate surface area is 82.5 Å². The van der Waals surface area contributed by atoms with Crippen LogP contribution in [0.25, 0.3) is 0 Å². The summed E-state index contributed by atoms with van der Waals surface area (Å²) < 4.78 is 0. The van der Waals surface area contributed by atoms with Crippen LogP contribution in [0.3, 0.4) is 0 Å². The van der Waals surface area contributed by atoms with Crippen LogP contribution in [0.2, 0.25) is 5.28 Å². The lowest BCUT2D eigenvalue weighted by atomic mass is 9.83. The van der Waals surface area contributed by atoms with Gasteiger partial charge in [-0.2, -0.15) is 0 Å². The average Bonchev–Trinajstić information content (AvgIpc) is 2.00. The van der Waals surface area contributed by atoms with Crippen LogP contribution in [0.1, 0.15) is 30.9 Å². The highest BCUT2D eigenvalue weighted by atomic mass is 35.5. The Morgan fingerprint density at radius 2 is 2.23 bits per heavy atom. The van der Waals surface area contributed by atoms with Gasteiger partial charge in [-0.05, 0) is 24.4 Å². The Bertz CT molecular complexity index is 310. The zero-order valence-corrected chi connectivity index (χ0v) is 8.30. The summed E-state index contributed by atoms with van der Waals surface area (Å²) in [5.74, 6) is 1.41. The molecule has 0 bridgehead atoms. The van der Waals surface area contributed by atoms with Gasteiger partial charge in [-0.15, -0.1) is 0 Å². The maximum Gasteiger partial charge on any atom is 0.224 e. The van der Waals surface area contributed by atoms with E-state index in [2.05, 4.69) is 15.3 Å². The highest BCUT2D eigenvalue weighted by Gasteiger charge is 2.21. The predicted molar refractivity (Wildman–Crippen MR) is 53.2 cm³/mol. The van der Waals surface area contributed by atoms with Gasteiger partial charge in [-0.1, -0.05) is 6.42 Å². The summed E-state index contributed by atoms with van der Waals surface area (Å²) in [5, 5.41) is 3.32. The summed E-state index contributed by atoms with van der Waals surface area (Å²) >= 11 is 5.79. The van der Waals surface area contributed by atoms with Crippen molar-refractivity contribution in [1.82, 2.24) is 9.97 Å². The lowest BCUT2D eigenvalue weighted by molar-refractivity contribution is 0.411. The number of hydrogen-bond donors (Lipinski definition) is 1. The molecule has 1 aliphatic carbocycles. The van der Waals surface area contributed by atoms with Crippen molar-refractivity contribution in [2.45, 2.75) is 25.2 Å². The number of nitrogens with one attached hydrogen (secondary N) is 1. The molecule has 2 rings (SSSR count). The van der Waals surface area contributed by atoms with Crippen molar-refractivity contribution >= 4 is 17.4 Å². The van der Waals surface area contributed by atoms with Gasteiger partial charge >= 0.3 is 0 Å². The fraction of sp³-hybridized carbons (Fsp3) is 0.556. The highest BCUT2D eigenvalue weighted by molar-refractivity contribution is 6.28. The summed E-state index contributed by atoms with van der Waals surface area (Å²) in [7, 11) is 1.84. The van der Waals surface area contributed by atoms with E-state index in [0.717, 1.165) is 11.5 Å². The minimum atomic E-state index is 0.341. The van der Waals surface area contributed by atoms with Crippen LogP contribution >= 0.6 is 11.6 Å². The molecule has 0 radical (unpaired) electrons. The first-order valence-electron chi connectivity index (χ1n) is 4.52. The molecule has 0 unspecified atom stereocenters. The largest absolute Gasteiger partial charge is 0.373 e. The molecule has 1 aliphatic rings. The normalized spacial score (nSPS) is 16.8. The number of halogens is 1. The van der Waals surface area contributed by atoms with E-state index < -0.39 is 0 Å². The van der Waals surface area contributed by atoms with Gasteiger partial charge in [0.15, 0.2) is 0 Å². The van der Waals surface area contributed by atoms with Crippen LogP contribution in [0.5, 0.6) is 0 Å². The van der Waals surface area contributed by atoms with Crippen LogP contribution in [-0.4, -0.2) is 17.0 Å². The summed E-state index contributed by atoms with van der Waals surface area (Å²) in [6, 6.07) is 1.98. The first kappa shape index (κ1) is 8.75. The monoisotopic (exact) mass is 197 g/mol. The van der Waals surface area contributed by atoms with Gasteiger partial charge in [0.05, 0.1) is 5.69 Å². The molecular formula is C9H12ClN3. The summed E-state index contributed by atoms with van der Waals surface area (Å²) in [4.78, 5) is 8.25. The van der Waals surface area contributed by atoms with E-state index in [1.54, 1.807) is 0 Å². The van der Waals surface area contributed by atoms with E-state index in [9.17, 15) is 0 Å². The van der Waals surface area contributed by atoms with Gasteiger partial charge in [-0.3, -0.25) is 0 Å². The maximum atomic E-state index is 5.79. The number of nitrogens with zero attached hydrogens (tertiary/aromatic N) is 2. The quantitative estimate of drug-likeness (QED) is 0.741. The second kappa shape index (κ2) is 3.50. The Morgan fingerprint density at radius 1 is 1.46 bits per heavy atom. The smallest absolute Gasteiger partial charge is 0.224 e. The van der Waals surface area contributed by atoms with Crippen LogP contribution in [0.15, 0.2) is 6.07 Å². The third kappa shape index (κ3) is 1.75. The molecule has 3 nitrogen and oxygen atoms in total. The topological polar surface area (TPSA) is 37.8 Å². The van der Waals surface area contributed by atoms with Crippen LogP contribution < -0.4 is 5.32 Å². The van der Waals surface area contributed by atoms with E-state index >= 15 is 0 Å². The van der Waals surface area contributed by atoms with Gasteiger partial charge in [0.2, 0.25) is 5.28 Å². The molecule has 70 valence electrons. The van der Waals surface area contributed by atoms with Gasteiger partial charge in [0.1, 0.15) is 5.82 Å². The number of anilines is 1. The van der Waals surface area contributed by atoms with E-state index in [0.29, 0.717) is 11.2 Å². The molecule has 0 atom stereocenters. The lowest BCUT2D eigenvalue weighted by Crippen LogP contribution is -2.11. The number of rotatable bonds is 2. The molecule has 1 heterocycles. The van der Waals surface area contributed by atoms with Crippen molar-refractivity contribution in [1.29, 1.82) is 0 Å². The summed E-state index contributed by atoms with van der Waals surface area (Å²) in [6.45, 7) is 0. The van der Waals surface area contributed by atoms with E-state index in [4.69, 9.17) is 11.6 Å². The predicted octanol–water partition coefficient (Wildman–Crippen LogP) is 2.44. The first-order chi connectivity index (χ1) is 6.29. The molecule has 1 N–H and O–H groups in total. The van der Waals surface area contributed by atoms with Crippen molar-refractivity contribution in [2.24, 2.45) is 0 Å². The molecule has 0 aromatic carbocycles. The van der Waals surface area contributed by atoms with E-state index in [1.165, 1.54) is 19.3 Å². The third-order valence-electron chi connectivity index (χ3n) is 2.50. The molecule has 1 aromatic heterocycles. The maximum absolute atomic E-state index is 5.79. The van der Waals surface area contributed by atoms with Crippen molar-refractivity contribution in [3.63, 3.8) is 0 Å². The summed E-state index contributed by atoms with van der Waals surface area (Å²) in [5.41, 5.74) is 1.08. The minimum absolute atomic E-state index is 0.341. The molecule has 0 aliphatic heterocycles. The molecule has 13 heavy (non-hydrogen) atoms. The fourth-order valence-electron chi connectivity index (χ4n) is 1.48. The first-order valence-corrected chi connectivity index (χ1v) is 4.89. The lowest BCUT2D eigenvalue weighted by Gasteiger charge is -2.24. The molecule has 0 spiro atoms. The zero-order valence-electron chi connectivity index (χ0n) is 7.55. The second-order valence-electron chi connectivity index (χ2n) is 3.32.